The zero-order valence-corrected chi connectivity index (χ0v) is 13.8. The summed E-state index contributed by atoms with van der Waals surface area (Å²) in [5, 5.41) is 12.3. The molecule has 0 radical (unpaired) electrons. The average Bonchev–Trinajstić information content (AvgIpc) is 2.94. The summed E-state index contributed by atoms with van der Waals surface area (Å²) >= 11 is 7.32. The number of halogens is 1. The number of rotatable bonds is 5. The van der Waals surface area contributed by atoms with E-state index in [0.29, 0.717) is 11.6 Å². The number of carbonyl (C=O) groups excluding carboxylic acids is 1. The molecule has 0 aliphatic heterocycles. The fourth-order valence-corrected chi connectivity index (χ4v) is 3.22. The summed E-state index contributed by atoms with van der Waals surface area (Å²) in [5.74, 6) is -1.12. The van der Waals surface area contributed by atoms with Crippen LogP contribution in [0.5, 0.6) is 0 Å². The molecule has 0 atom stereocenters. The van der Waals surface area contributed by atoms with Gasteiger partial charge in [0.25, 0.3) is 0 Å². The highest BCUT2D eigenvalue weighted by atomic mass is 35.5. The molecule has 0 spiro atoms. The lowest BCUT2D eigenvalue weighted by Gasteiger charge is -2.25. The number of amides is 1. The van der Waals surface area contributed by atoms with Crippen LogP contribution in [0.25, 0.3) is 0 Å². The van der Waals surface area contributed by atoms with Crippen molar-refractivity contribution in [2.24, 2.45) is 0 Å². The summed E-state index contributed by atoms with van der Waals surface area (Å²) in [6.45, 7) is 3.91. The molecular formula is C16H16ClNO3S. The van der Waals surface area contributed by atoms with Crippen LogP contribution in [0.4, 0.5) is 0 Å². The van der Waals surface area contributed by atoms with Gasteiger partial charge in [0.2, 0.25) is 5.91 Å². The molecule has 116 valence electrons. The number of benzene rings is 1. The second-order valence-electron chi connectivity index (χ2n) is 5.36. The molecule has 0 saturated carbocycles. The maximum atomic E-state index is 12.5. The molecule has 0 saturated heterocycles. The summed E-state index contributed by atoms with van der Waals surface area (Å²) in [6.07, 6.45) is 0. The largest absolute Gasteiger partial charge is 0.477 e. The van der Waals surface area contributed by atoms with Crippen LogP contribution in [0, 0.1) is 0 Å². The Balaban J connectivity index is 2.07. The molecule has 4 nitrogen and oxygen atoms in total. The Bertz CT molecular complexity index is 709. The maximum Gasteiger partial charge on any atom is 0.345 e. The molecule has 1 aromatic heterocycles. The van der Waals surface area contributed by atoms with Crippen molar-refractivity contribution in [2.45, 2.75) is 25.8 Å². The van der Waals surface area contributed by atoms with Crippen LogP contribution < -0.4 is 5.32 Å². The van der Waals surface area contributed by atoms with E-state index >= 15 is 0 Å². The van der Waals surface area contributed by atoms with Crippen molar-refractivity contribution in [3.63, 3.8) is 0 Å². The number of hydrogen-bond donors (Lipinski definition) is 2. The highest BCUT2D eigenvalue weighted by Gasteiger charge is 2.31. The molecule has 1 amide bonds. The molecular weight excluding hydrogens is 322 g/mol. The van der Waals surface area contributed by atoms with Crippen LogP contribution in [0.15, 0.2) is 36.4 Å². The third-order valence-corrected chi connectivity index (χ3v) is 4.81. The molecule has 1 heterocycles. The quantitative estimate of drug-likeness (QED) is 0.874. The van der Waals surface area contributed by atoms with E-state index in [1.165, 1.54) is 6.07 Å². The second-order valence-corrected chi connectivity index (χ2v) is 6.93. The third-order valence-electron chi connectivity index (χ3n) is 3.41. The van der Waals surface area contributed by atoms with E-state index in [0.717, 1.165) is 21.8 Å². The molecule has 0 aliphatic rings. The number of hydrogen-bond acceptors (Lipinski definition) is 3. The van der Waals surface area contributed by atoms with Gasteiger partial charge in [-0.25, -0.2) is 4.79 Å². The van der Waals surface area contributed by atoms with E-state index in [4.69, 9.17) is 16.7 Å². The van der Waals surface area contributed by atoms with Crippen LogP contribution in [-0.2, 0) is 16.8 Å². The normalized spacial score (nSPS) is 11.2. The van der Waals surface area contributed by atoms with E-state index in [1.54, 1.807) is 26.0 Å². The molecule has 0 unspecified atom stereocenters. The van der Waals surface area contributed by atoms with Gasteiger partial charge in [-0.15, -0.1) is 11.3 Å². The number of carbonyl (C=O) groups is 2. The highest BCUT2D eigenvalue weighted by molar-refractivity contribution is 7.13. The van der Waals surface area contributed by atoms with Gasteiger partial charge in [-0.2, -0.15) is 0 Å². The van der Waals surface area contributed by atoms with Gasteiger partial charge in [-0.3, -0.25) is 4.79 Å². The number of carboxylic acids is 1. The molecule has 0 bridgehead atoms. The van der Waals surface area contributed by atoms with Gasteiger partial charge >= 0.3 is 5.97 Å². The van der Waals surface area contributed by atoms with E-state index in [9.17, 15) is 9.59 Å². The molecule has 2 N–H and O–H groups in total. The molecule has 2 rings (SSSR count). The molecule has 0 aliphatic carbocycles. The van der Waals surface area contributed by atoms with Crippen molar-refractivity contribution in [2.75, 3.05) is 0 Å². The fraction of sp³-hybridized carbons (Fsp3) is 0.250. The summed E-state index contributed by atoms with van der Waals surface area (Å²) in [6, 6.07) is 10.5. The minimum Gasteiger partial charge on any atom is -0.477 e. The van der Waals surface area contributed by atoms with Gasteiger partial charge in [-0.1, -0.05) is 29.8 Å². The molecule has 6 heteroatoms. The SMILES string of the molecule is CC(C)(C(=O)NCc1ccc(C(=O)O)s1)c1ccccc1Cl. The van der Waals surface area contributed by atoms with Gasteiger partial charge in [0, 0.05) is 9.90 Å². The van der Waals surface area contributed by atoms with Crippen LogP contribution in [-0.4, -0.2) is 17.0 Å². The lowest BCUT2D eigenvalue weighted by Crippen LogP contribution is -2.39. The third kappa shape index (κ3) is 3.48. The molecule has 22 heavy (non-hydrogen) atoms. The van der Waals surface area contributed by atoms with Crippen LogP contribution in [0.2, 0.25) is 5.02 Å². The first-order valence-electron chi connectivity index (χ1n) is 6.67. The summed E-state index contributed by atoms with van der Waals surface area (Å²) in [5.41, 5.74) is -0.0165. The van der Waals surface area contributed by atoms with Crippen LogP contribution >= 0.6 is 22.9 Å². The van der Waals surface area contributed by atoms with E-state index in [1.807, 2.05) is 18.2 Å². The number of aromatic carboxylic acids is 1. The number of carboxylic acid groups (broad SMARTS) is 1. The predicted octanol–water partition coefficient (Wildman–Crippen LogP) is 3.69. The topological polar surface area (TPSA) is 66.4 Å². The summed E-state index contributed by atoms with van der Waals surface area (Å²) in [7, 11) is 0. The predicted molar refractivity (Wildman–Crippen MR) is 87.6 cm³/mol. The van der Waals surface area contributed by atoms with Gasteiger partial charge in [0.1, 0.15) is 4.88 Å². The lowest BCUT2D eigenvalue weighted by molar-refractivity contribution is -0.125. The van der Waals surface area contributed by atoms with E-state index in [-0.39, 0.29) is 10.8 Å². The zero-order chi connectivity index (χ0) is 16.3. The van der Waals surface area contributed by atoms with Crippen LogP contribution in [0.3, 0.4) is 0 Å². The van der Waals surface area contributed by atoms with Crippen molar-refractivity contribution in [3.05, 3.63) is 56.7 Å². The first-order valence-corrected chi connectivity index (χ1v) is 7.87. The minimum absolute atomic E-state index is 0.161. The Morgan fingerprint density at radius 2 is 1.91 bits per heavy atom. The van der Waals surface area contributed by atoms with Crippen molar-refractivity contribution >= 4 is 34.8 Å². The average molecular weight is 338 g/mol. The summed E-state index contributed by atoms with van der Waals surface area (Å²) in [4.78, 5) is 24.3. The first-order chi connectivity index (χ1) is 10.3. The van der Waals surface area contributed by atoms with E-state index < -0.39 is 11.4 Å². The van der Waals surface area contributed by atoms with E-state index in [2.05, 4.69) is 5.32 Å². The minimum atomic E-state index is -0.959. The maximum absolute atomic E-state index is 12.5. The van der Waals surface area contributed by atoms with Gasteiger partial charge in [-0.05, 0) is 37.6 Å². The van der Waals surface area contributed by atoms with Crippen LogP contribution in [0.1, 0.15) is 34.0 Å². The molecule has 2 aromatic rings. The standard InChI is InChI=1S/C16H16ClNO3S/c1-16(2,11-5-3-4-6-12(11)17)15(21)18-9-10-7-8-13(22-10)14(19)20/h3-8H,9H2,1-2H3,(H,18,21)(H,19,20). The van der Waals surface area contributed by atoms with Gasteiger partial charge in [0.05, 0.1) is 12.0 Å². The lowest BCUT2D eigenvalue weighted by atomic mass is 9.83. The molecule has 0 fully saturated rings. The Kier molecular flexibility index (Phi) is 4.88. The van der Waals surface area contributed by atoms with Gasteiger partial charge < -0.3 is 10.4 Å². The second kappa shape index (κ2) is 6.50. The Morgan fingerprint density at radius 1 is 1.23 bits per heavy atom. The van der Waals surface area contributed by atoms with Crippen molar-refractivity contribution in [1.82, 2.24) is 5.32 Å². The van der Waals surface area contributed by atoms with Crippen molar-refractivity contribution in [3.8, 4) is 0 Å². The Hall–Kier alpha value is -1.85. The Labute approximate surface area is 137 Å². The summed E-state index contributed by atoms with van der Waals surface area (Å²) < 4.78 is 0. The van der Waals surface area contributed by atoms with Crippen molar-refractivity contribution < 1.29 is 14.7 Å². The fourth-order valence-electron chi connectivity index (χ4n) is 2.07. The number of thiophene rings is 1. The molecule has 1 aromatic carbocycles. The first kappa shape index (κ1) is 16.5. The monoisotopic (exact) mass is 337 g/mol. The van der Waals surface area contributed by atoms with Gasteiger partial charge in [0.15, 0.2) is 0 Å². The highest BCUT2D eigenvalue weighted by Crippen LogP contribution is 2.30. The zero-order valence-electron chi connectivity index (χ0n) is 12.2. The smallest absolute Gasteiger partial charge is 0.345 e. The Morgan fingerprint density at radius 3 is 2.50 bits per heavy atom. The number of nitrogens with one attached hydrogen (secondary N) is 1. The van der Waals surface area contributed by atoms with Crippen molar-refractivity contribution in [1.29, 1.82) is 0 Å².